The lowest BCUT2D eigenvalue weighted by Gasteiger charge is -2.47. The van der Waals surface area contributed by atoms with E-state index in [1.807, 2.05) is 37.2 Å². The number of amides is 2. The molecule has 0 fully saturated rings. The largest absolute Gasteiger partial charge is 0.493 e. The lowest BCUT2D eigenvalue weighted by Crippen LogP contribution is -2.45. The van der Waals surface area contributed by atoms with E-state index in [0.717, 1.165) is 29.0 Å². The van der Waals surface area contributed by atoms with Gasteiger partial charge in [-0.25, -0.2) is 8.78 Å². The van der Waals surface area contributed by atoms with Crippen LogP contribution < -0.4 is 10.1 Å². The Balaban J connectivity index is 1.67. The summed E-state index contributed by atoms with van der Waals surface area (Å²) in [5.74, 6) is -2.61. The highest BCUT2D eigenvalue weighted by Gasteiger charge is 2.37. The number of aliphatic carboxylic acids is 1. The molecule has 2 aliphatic heterocycles. The van der Waals surface area contributed by atoms with Crippen molar-refractivity contribution in [2.24, 2.45) is 0 Å². The molecule has 202 valence electrons. The van der Waals surface area contributed by atoms with Crippen LogP contribution in [0.15, 0.2) is 29.2 Å². The number of hydrogen-bond acceptors (Lipinski definition) is 4. The first kappa shape index (κ1) is 26.9. The molecule has 0 aliphatic carbocycles. The number of anilines is 1. The van der Waals surface area contributed by atoms with Crippen LogP contribution in [0.1, 0.15) is 42.0 Å². The third kappa shape index (κ3) is 5.74. The Labute approximate surface area is 215 Å². The van der Waals surface area contributed by atoms with E-state index in [2.05, 4.69) is 5.32 Å². The molecule has 0 bridgehead atoms. The summed E-state index contributed by atoms with van der Waals surface area (Å²) in [6.45, 7) is 0.788. The number of halogens is 2. The molecule has 0 radical (unpaired) electrons. The fraction of sp³-hybridized carbons (Fsp3) is 0.444. The van der Waals surface area contributed by atoms with Crippen LogP contribution in [0.25, 0.3) is 0 Å². The third-order valence-electron chi connectivity index (χ3n) is 6.71. The minimum Gasteiger partial charge on any atom is -0.493 e. The van der Waals surface area contributed by atoms with Crippen LogP contribution in [0.2, 0.25) is 0 Å². The van der Waals surface area contributed by atoms with Gasteiger partial charge in [0, 0.05) is 36.4 Å². The summed E-state index contributed by atoms with van der Waals surface area (Å²) in [5.41, 5.74) is 2.42. The average molecular weight is 537 g/mol. The number of carbonyl (C=O) groups is 3. The van der Waals surface area contributed by atoms with Crippen molar-refractivity contribution in [3.05, 3.63) is 52.6 Å². The fourth-order valence-electron chi connectivity index (χ4n) is 5.08. The van der Waals surface area contributed by atoms with Crippen LogP contribution >= 0.6 is 9.16 Å². The fourth-order valence-corrected chi connectivity index (χ4v) is 6.92. The van der Waals surface area contributed by atoms with Gasteiger partial charge in [0.1, 0.15) is 23.4 Å². The van der Waals surface area contributed by atoms with Crippen molar-refractivity contribution in [2.75, 3.05) is 43.5 Å². The Hall–Kier alpha value is -3.14. The topological polar surface area (TPSA) is 95.9 Å². The molecular weight excluding hydrogens is 502 g/mol. The van der Waals surface area contributed by atoms with Gasteiger partial charge in [0.05, 0.1) is 6.61 Å². The molecule has 2 amide bonds. The predicted molar refractivity (Wildman–Crippen MR) is 141 cm³/mol. The van der Waals surface area contributed by atoms with E-state index in [1.165, 1.54) is 4.90 Å². The number of ether oxygens (including phenoxy) is 1. The molecule has 10 heteroatoms. The summed E-state index contributed by atoms with van der Waals surface area (Å²) in [7, 11) is -2.77. The van der Waals surface area contributed by atoms with Crippen LogP contribution in [-0.2, 0) is 27.2 Å². The molecular formula is C27H34F2N2O5S. The van der Waals surface area contributed by atoms with Gasteiger partial charge in [0.15, 0.2) is 0 Å². The molecule has 4 rings (SSSR count). The highest BCUT2D eigenvalue weighted by molar-refractivity contribution is 8.47. The number of carbonyl (C=O) groups excluding carboxylic acids is 2. The Morgan fingerprint density at radius 1 is 1.03 bits per heavy atom. The smallest absolute Gasteiger partial charge is 0.303 e. The first-order valence-corrected chi connectivity index (χ1v) is 16.3. The highest BCUT2D eigenvalue weighted by atomic mass is 32.3. The second-order valence-electron chi connectivity index (χ2n) is 11.6. The molecule has 0 spiro atoms. The van der Waals surface area contributed by atoms with Gasteiger partial charge in [0.2, 0.25) is 5.91 Å². The molecule has 2 N–H and O–H groups in total. The molecule has 2 heterocycles. The van der Waals surface area contributed by atoms with Crippen LogP contribution in [-0.4, -0.2) is 66.0 Å². The minimum absolute atomic E-state index is 0.0233. The number of hydrogen-bond donors (Lipinski definition) is 3. The van der Waals surface area contributed by atoms with Gasteiger partial charge in [-0.2, -0.15) is 0 Å². The van der Waals surface area contributed by atoms with Crippen molar-refractivity contribution in [2.45, 2.75) is 43.0 Å². The second-order valence-corrected chi connectivity index (χ2v) is 19.2. The van der Waals surface area contributed by atoms with Crippen LogP contribution in [0.4, 0.5) is 14.5 Å². The SMILES string of the molecule is C[SH](C)(C)(C)c1c(F)cc(NC(=O)C2c3cc4c(cc3CCN2C(=O)CCCC(=O)O)OCC4)cc1F. The zero-order valence-electron chi connectivity index (χ0n) is 21.6. The summed E-state index contributed by atoms with van der Waals surface area (Å²) in [4.78, 5) is 39.1. The van der Waals surface area contributed by atoms with Gasteiger partial charge in [-0.1, -0.05) is 0 Å². The van der Waals surface area contributed by atoms with Crippen LogP contribution in [0.3, 0.4) is 0 Å². The van der Waals surface area contributed by atoms with Gasteiger partial charge in [-0.05, 0) is 78.8 Å². The average Bonchev–Trinajstić information content (AvgIpc) is 3.21. The van der Waals surface area contributed by atoms with Crippen molar-refractivity contribution in [1.29, 1.82) is 0 Å². The molecule has 1 unspecified atom stereocenters. The molecule has 2 aliphatic rings. The van der Waals surface area contributed by atoms with Crippen LogP contribution in [0, 0.1) is 11.6 Å². The van der Waals surface area contributed by atoms with Crippen molar-refractivity contribution in [1.82, 2.24) is 4.90 Å². The maximum absolute atomic E-state index is 15.1. The standard InChI is InChI=1S/C27H34F2N2O5S/c1-37(2,3,4)26-20(28)14-18(15-21(26)29)30-27(35)25-19-12-17-9-11-36-22(17)13-16(19)8-10-31(25)23(32)6-5-7-24(33)34/h12-15,25,37H,5-11H2,1-4H3,(H,30,35)(H,33,34). The number of fused-ring (bicyclic) bond motifs is 2. The molecule has 0 saturated heterocycles. The summed E-state index contributed by atoms with van der Waals surface area (Å²) < 4.78 is 35.8. The summed E-state index contributed by atoms with van der Waals surface area (Å²) in [6.07, 6.45) is 8.54. The van der Waals surface area contributed by atoms with Crippen molar-refractivity contribution in [3.63, 3.8) is 0 Å². The number of thiol groups is 1. The number of nitrogens with one attached hydrogen (secondary N) is 1. The van der Waals surface area contributed by atoms with E-state index in [-0.39, 0.29) is 42.3 Å². The van der Waals surface area contributed by atoms with Gasteiger partial charge in [-0.3, -0.25) is 23.5 Å². The van der Waals surface area contributed by atoms with Gasteiger partial charge < -0.3 is 20.1 Å². The lowest BCUT2D eigenvalue weighted by atomic mass is 9.89. The Morgan fingerprint density at radius 3 is 2.32 bits per heavy atom. The molecule has 2 aromatic rings. The van der Waals surface area contributed by atoms with Gasteiger partial charge in [0.25, 0.3) is 5.91 Å². The molecule has 1 atom stereocenters. The third-order valence-corrected chi connectivity index (χ3v) is 8.92. The van der Waals surface area contributed by atoms with E-state index in [9.17, 15) is 14.4 Å². The summed E-state index contributed by atoms with van der Waals surface area (Å²) >= 11 is 0. The number of carboxylic acids is 1. The maximum atomic E-state index is 15.1. The predicted octanol–water partition coefficient (Wildman–Crippen LogP) is 4.17. The van der Waals surface area contributed by atoms with E-state index in [4.69, 9.17) is 9.84 Å². The second kappa shape index (κ2) is 9.63. The Morgan fingerprint density at radius 2 is 1.70 bits per heavy atom. The normalized spacial score (nSPS) is 17.7. The Bertz CT molecular complexity index is 1260. The van der Waals surface area contributed by atoms with E-state index >= 15 is 8.78 Å². The molecule has 7 nitrogen and oxygen atoms in total. The summed E-state index contributed by atoms with van der Waals surface area (Å²) in [6, 6.07) is 4.99. The van der Waals surface area contributed by atoms with Gasteiger partial charge >= 0.3 is 5.97 Å². The number of nitrogens with zero attached hydrogens (tertiary/aromatic N) is 1. The molecule has 0 saturated carbocycles. The maximum Gasteiger partial charge on any atom is 0.303 e. The van der Waals surface area contributed by atoms with Crippen LogP contribution in [0.5, 0.6) is 5.75 Å². The van der Waals surface area contributed by atoms with Gasteiger partial charge in [-0.15, -0.1) is 0 Å². The molecule has 0 aromatic heterocycles. The van der Waals surface area contributed by atoms with Crippen molar-refractivity contribution < 1.29 is 33.0 Å². The first-order valence-electron chi connectivity index (χ1n) is 12.3. The van der Waals surface area contributed by atoms with E-state index in [0.29, 0.717) is 25.0 Å². The minimum atomic E-state index is -2.77. The Kier molecular flexibility index (Phi) is 7.00. The number of rotatable bonds is 7. The van der Waals surface area contributed by atoms with Crippen molar-refractivity contribution >= 4 is 32.6 Å². The first-order chi connectivity index (χ1) is 17.2. The van der Waals surface area contributed by atoms with E-state index < -0.39 is 38.7 Å². The molecule has 37 heavy (non-hydrogen) atoms. The monoisotopic (exact) mass is 536 g/mol. The van der Waals surface area contributed by atoms with Crippen molar-refractivity contribution in [3.8, 4) is 5.75 Å². The van der Waals surface area contributed by atoms with E-state index in [1.54, 1.807) is 0 Å². The quantitative estimate of drug-likeness (QED) is 0.462. The summed E-state index contributed by atoms with van der Waals surface area (Å²) in [5, 5.41) is 11.6. The zero-order chi connectivity index (χ0) is 27.1. The zero-order valence-corrected chi connectivity index (χ0v) is 22.5. The highest BCUT2D eigenvalue weighted by Crippen LogP contribution is 2.65. The molecule has 2 aromatic carbocycles. The number of benzene rings is 2. The lowest BCUT2D eigenvalue weighted by molar-refractivity contribution is -0.140. The number of carboxylic acid groups (broad SMARTS) is 1.